The second-order valence-corrected chi connectivity index (χ2v) is 4.42. The molecule has 0 bridgehead atoms. The predicted molar refractivity (Wildman–Crippen MR) is 58.4 cm³/mol. The highest BCUT2D eigenvalue weighted by Crippen LogP contribution is 2.24. The number of carbonyl (C=O) groups is 2. The molecule has 0 aromatic heterocycles. The fourth-order valence-corrected chi connectivity index (χ4v) is 2.02. The first-order valence-corrected chi connectivity index (χ1v) is 5.57. The van der Waals surface area contributed by atoms with E-state index in [4.69, 9.17) is 9.29 Å². The summed E-state index contributed by atoms with van der Waals surface area (Å²) in [4.78, 5) is 21.7. The van der Waals surface area contributed by atoms with Gasteiger partial charge in [-0.1, -0.05) is 17.8 Å². The van der Waals surface area contributed by atoms with Crippen LogP contribution in [0, 0.1) is 0 Å². The minimum atomic E-state index is -1.01. The van der Waals surface area contributed by atoms with Gasteiger partial charge in [-0.25, -0.2) is 0 Å². The Morgan fingerprint density at radius 2 is 2.29 bits per heavy atom. The van der Waals surface area contributed by atoms with E-state index in [0.717, 1.165) is 11.8 Å². The smallest absolute Gasteiger partial charge is 0.317 e. The van der Waals surface area contributed by atoms with Gasteiger partial charge in [0.2, 0.25) is 0 Å². The molecule has 0 rings (SSSR count). The van der Waals surface area contributed by atoms with Gasteiger partial charge in [0.1, 0.15) is 5.25 Å². The van der Waals surface area contributed by atoms with E-state index >= 15 is 0 Å². The molecule has 0 aliphatic carbocycles. The molecule has 1 atom stereocenters. The third-order valence-corrected chi connectivity index (χ3v) is 2.99. The first-order chi connectivity index (χ1) is 6.61. The van der Waals surface area contributed by atoms with Gasteiger partial charge in [-0.15, -0.1) is 6.58 Å². The number of allylic oxidation sites excluding steroid dienone is 1. The first-order valence-electron chi connectivity index (χ1n) is 3.95. The standard InChI is InChI=1S/C8H12O4S2/c1-3-5-6(7(9)10)13-8(11)14-12-4-2/h3,6H,1,4-5H2,2H3,(H,9,10). The topological polar surface area (TPSA) is 63.6 Å². The molecule has 0 spiro atoms. The van der Waals surface area contributed by atoms with Crippen LogP contribution in [-0.2, 0) is 8.98 Å². The van der Waals surface area contributed by atoms with E-state index in [1.807, 2.05) is 0 Å². The van der Waals surface area contributed by atoms with Crippen molar-refractivity contribution < 1.29 is 18.9 Å². The van der Waals surface area contributed by atoms with Crippen LogP contribution in [0.1, 0.15) is 13.3 Å². The SMILES string of the molecule is C=CCC(SC(=O)SOCC)C(=O)O. The van der Waals surface area contributed by atoms with Crippen LogP contribution < -0.4 is 0 Å². The Bertz CT molecular complexity index is 217. The molecular weight excluding hydrogens is 224 g/mol. The van der Waals surface area contributed by atoms with E-state index in [9.17, 15) is 9.59 Å². The molecule has 1 N–H and O–H groups in total. The van der Waals surface area contributed by atoms with Crippen molar-refractivity contribution in [1.82, 2.24) is 0 Å². The normalized spacial score (nSPS) is 12.1. The van der Waals surface area contributed by atoms with E-state index in [-0.39, 0.29) is 10.9 Å². The molecule has 0 saturated heterocycles. The largest absolute Gasteiger partial charge is 0.480 e. The highest BCUT2D eigenvalue weighted by Gasteiger charge is 2.21. The van der Waals surface area contributed by atoms with Crippen LogP contribution in [0.4, 0.5) is 4.79 Å². The van der Waals surface area contributed by atoms with Crippen molar-refractivity contribution in [3.8, 4) is 0 Å². The second kappa shape index (κ2) is 7.90. The average molecular weight is 236 g/mol. The maximum Gasteiger partial charge on any atom is 0.317 e. The number of aliphatic carboxylic acids is 1. The van der Waals surface area contributed by atoms with Crippen molar-refractivity contribution in [1.29, 1.82) is 0 Å². The third kappa shape index (κ3) is 6.06. The highest BCUT2D eigenvalue weighted by atomic mass is 32.2. The van der Waals surface area contributed by atoms with Crippen LogP contribution in [-0.4, -0.2) is 27.4 Å². The molecule has 80 valence electrons. The summed E-state index contributed by atoms with van der Waals surface area (Å²) in [7, 11) is 0. The van der Waals surface area contributed by atoms with Gasteiger partial charge in [-0.05, 0) is 13.3 Å². The summed E-state index contributed by atoms with van der Waals surface area (Å²) in [5.74, 6) is -1.01. The Morgan fingerprint density at radius 1 is 1.64 bits per heavy atom. The second-order valence-electron chi connectivity index (χ2n) is 2.21. The van der Waals surface area contributed by atoms with Crippen molar-refractivity contribution in [3.63, 3.8) is 0 Å². The van der Waals surface area contributed by atoms with Gasteiger partial charge in [0.25, 0.3) is 4.45 Å². The summed E-state index contributed by atoms with van der Waals surface area (Å²) in [6.45, 7) is 5.59. The van der Waals surface area contributed by atoms with Crippen molar-refractivity contribution >= 4 is 34.2 Å². The number of hydrogen-bond donors (Lipinski definition) is 1. The summed E-state index contributed by atoms with van der Waals surface area (Å²) in [5.41, 5.74) is 0. The van der Waals surface area contributed by atoms with Crippen LogP contribution in [0.2, 0.25) is 0 Å². The van der Waals surface area contributed by atoms with Crippen molar-refractivity contribution in [3.05, 3.63) is 12.7 Å². The molecule has 0 amide bonds. The van der Waals surface area contributed by atoms with Crippen LogP contribution in [0.25, 0.3) is 0 Å². The van der Waals surface area contributed by atoms with Gasteiger partial charge in [-0.2, -0.15) is 0 Å². The summed E-state index contributed by atoms with van der Waals surface area (Å²) in [6.07, 6.45) is 1.74. The van der Waals surface area contributed by atoms with Crippen LogP contribution in [0.3, 0.4) is 0 Å². The lowest BCUT2D eigenvalue weighted by Gasteiger charge is -2.06. The predicted octanol–water partition coefficient (Wildman–Crippen LogP) is 2.55. The third-order valence-electron chi connectivity index (χ3n) is 1.14. The molecule has 0 radical (unpaired) electrons. The Labute approximate surface area is 91.3 Å². The molecule has 0 aromatic rings. The molecule has 1 unspecified atom stereocenters. The lowest BCUT2D eigenvalue weighted by atomic mass is 10.3. The van der Waals surface area contributed by atoms with E-state index in [0.29, 0.717) is 18.6 Å². The van der Waals surface area contributed by atoms with Crippen molar-refractivity contribution in [2.75, 3.05) is 6.61 Å². The summed E-state index contributed by atoms with van der Waals surface area (Å²) < 4.78 is 4.44. The van der Waals surface area contributed by atoms with Gasteiger partial charge >= 0.3 is 5.97 Å². The van der Waals surface area contributed by atoms with Crippen LogP contribution >= 0.6 is 23.8 Å². The van der Waals surface area contributed by atoms with Gasteiger partial charge in [0, 0.05) is 0 Å². The zero-order chi connectivity index (χ0) is 11.0. The van der Waals surface area contributed by atoms with Crippen molar-refractivity contribution in [2.45, 2.75) is 18.6 Å². The molecule has 0 saturated carbocycles. The molecule has 6 heteroatoms. The van der Waals surface area contributed by atoms with Gasteiger partial charge in [-0.3, -0.25) is 9.59 Å². The number of carboxylic acid groups (broad SMARTS) is 1. The van der Waals surface area contributed by atoms with Gasteiger partial charge in [0.15, 0.2) is 0 Å². The minimum absolute atomic E-state index is 0.262. The minimum Gasteiger partial charge on any atom is -0.480 e. The molecule has 0 aliphatic heterocycles. The van der Waals surface area contributed by atoms with Gasteiger partial charge in [0.05, 0.1) is 18.6 Å². The average Bonchev–Trinajstić information content (AvgIpc) is 2.14. The van der Waals surface area contributed by atoms with E-state index in [1.165, 1.54) is 6.08 Å². The molecular formula is C8H12O4S2. The summed E-state index contributed by atoms with van der Waals surface area (Å²) >= 11 is 1.42. The van der Waals surface area contributed by atoms with Crippen LogP contribution in [0.15, 0.2) is 12.7 Å². The van der Waals surface area contributed by atoms with Crippen molar-refractivity contribution in [2.24, 2.45) is 0 Å². The maximum atomic E-state index is 11.1. The maximum absolute atomic E-state index is 11.1. The molecule has 0 fully saturated rings. The Morgan fingerprint density at radius 3 is 2.71 bits per heavy atom. The summed E-state index contributed by atoms with van der Waals surface area (Å²) in [6, 6.07) is 0. The summed E-state index contributed by atoms with van der Waals surface area (Å²) in [5, 5.41) is 7.94. The Balaban J connectivity index is 3.95. The number of carboxylic acids is 1. The molecule has 14 heavy (non-hydrogen) atoms. The lowest BCUT2D eigenvalue weighted by Crippen LogP contribution is -2.16. The van der Waals surface area contributed by atoms with Gasteiger partial charge < -0.3 is 9.29 Å². The quantitative estimate of drug-likeness (QED) is 0.565. The monoisotopic (exact) mass is 236 g/mol. The Kier molecular flexibility index (Phi) is 7.64. The lowest BCUT2D eigenvalue weighted by molar-refractivity contribution is -0.136. The zero-order valence-electron chi connectivity index (χ0n) is 7.76. The number of hydrogen-bond acceptors (Lipinski definition) is 5. The highest BCUT2D eigenvalue weighted by molar-refractivity contribution is 8.37. The molecule has 0 aromatic carbocycles. The molecule has 4 nitrogen and oxygen atoms in total. The number of rotatable bonds is 6. The fraction of sp³-hybridized carbons (Fsp3) is 0.500. The van der Waals surface area contributed by atoms with E-state index < -0.39 is 11.2 Å². The fourth-order valence-electron chi connectivity index (χ4n) is 0.594. The first kappa shape index (κ1) is 13.5. The molecule has 0 aliphatic rings. The molecule has 0 heterocycles. The number of carbonyl (C=O) groups excluding carboxylic acids is 1. The Hall–Kier alpha value is -0.460. The van der Waals surface area contributed by atoms with E-state index in [1.54, 1.807) is 6.92 Å². The van der Waals surface area contributed by atoms with Crippen LogP contribution in [0.5, 0.6) is 0 Å². The van der Waals surface area contributed by atoms with E-state index in [2.05, 4.69) is 6.58 Å². The number of thioether (sulfide) groups is 1. The zero-order valence-corrected chi connectivity index (χ0v) is 9.40.